The van der Waals surface area contributed by atoms with Gasteiger partial charge in [-0.2, -0.15) is 0 Å². The Balaban J connectivity index is 0.648. The zero-order valence-corrected chi connectivity index (χ0v) is 76.2. The van der Waals surface area contributed by atoms with E-state index in [0.717, 1.165) is 127 Å². The number of esters is 5. The molecular weight excluding hydrogens is 1780 g/mol. The average Bonchev–Trinajstić information content (AvgIpc) is 1.57. The van der Waals surface area contributed by atoms with E-state index in [-0.39, 0.29) is 69.2 Å². The average molecular weight is 1880 g/mol. The van der Waals surface area contributed by atoms with Gasteiger partial charge in [-0.15, -0.1) is 0 Å². The monoisotopic (exact) mass is 1880 g/mol. The fourth-order valence-electron chi connectivity index (χ4n) is 18.2. The summed E-state index contributed by atoms with van der Waals surface area (Å²) in [4.78, 5) is 158. The van der Waals surface area contributed by atoms with Crippen molar-refractivity contribution >= 4 is 71.1 Å². The minimum Gasteiger partial charge on any atom is -0.491 e. The number of carbonyl (C=O) groups is 12. The summed E-state index contributed by atoms with van der Waals surface area (Å²) in [6, 6.07) is 67.6. The lowest BCUT2D eigenvalue weighted by Crippen LogP contribution is -2.43. The lowest BCUT2D eigenvalue weighted by atomic mass is 9.68. The number of carboxylic acid groups (broad SMARTS) is 4. The zero-order valence-electron chi connectivity index (χ0n) is 76.2. The minimum atomic E-state index is -1.92. The van der Waals surface area contributed by atoms with Crippen LogP contribution < -0.4 is 18.9 Å². The highest BCUT2D eigenvalue weighted by atomic mass is 16.6. The highest BCUT2D eigenvalue weighted by Gasteiger charge is 2.49. The third-order valence-electron chi connectivity index (χ3n) is 24.9. The van der Waals surface area contributed by atoms with E-state index in [4.69, 9.17) is 56.8 Å². The molecule has 0 spiro atoms. The van der Waals surface area contributed by atoms with Crippen LogP contribution in [0.25, 0.3) is 22.3 Å². The predicted octanol–water partition coefficient (Wildman–Crippen LogP) is 16.6. The number of benzene rings is 10. The predicted molar refractivity (Wildman–Crippen MR) is 507 cm³/mol. The summed E-state index contributed by atoms with van der Waals surface area (Å²) >= 11 is 0. The van der Waals surface area contributed by atoms with Crippen LogP contribution in [0.15, 0.2) is 305 Å². The van der Waals surface area contributed by atoms with Crippen molar-refractivity contribution in [1.82, 2.24) is 0 Å². The number of Topliss-reactive ketones (excluding diaryl/α,β-unsaturated/α-hetero) is 2. The van der Waals surface area contributed by atoms with Crippen LogP contribution in [0.4, 0.5) is 0 Å². The quantitative estimate of drug-likeness (QED) is 0.00905. The molecule has 0 saturated carbocycles. The molecule has 0 heterocycles. The largest absolute Gasteiger partial charge is 0.491 e. The molecule has 4 N–H and O–H groups in total. The summed E-state index contributed by atoms with van der Waals surface area (Å²) in [7, 11) is 0. The molecule has 0 saturated heterocycles. The standard InChI is InChI=1S/C111H100O28/c1-8-97(112)132-61-77(136-66(5)101(116)85-28-12-13-29-87(85)104(119)120)58-128-73-46-38-69(39-47-73)110(92-31-19-14-24-81(92)82-25-15-20-32-93(82)110)71-42-50-75(51-43-71)130-60-79(63-134-99(114)10-3)138-108(127)88-55-37-68(57-91(88)107(125)126)102(117)67-36-54-86(90(56-67)106(123)124)103(118)109(6,7)139-80(65-135-100(115)11-4)64-131-76-52-44-72(45-53-76)111(94-33-21-16-26-83(94)84-27-17-22-34-95(84)111)70-40-48-74(49-41-70)129-59-78(62-133-98(113)9-2)137-96-35-23-18-30-89(96)105(121)122/h8-27,31-34,36-57,66,77-80,85,87,89,96H,1-4,28-30,35,58-65H2,5-7H3,(H,119,120)(H,121,122)(H,123,124)(H,125,126). The van der Waals surface area contributed by atoms with E-state index in [1.165, 1.54) is 20.8 Å². The first-order chi connectivity index (χ1) is 67.0. The molecule has 0 aliphatic heterocycles. The molecule has 10 aromatic rings. The van der Waals surface area contributed by atoms with E-state index >= 15 is 0 Å². The third-order valence-corrected chi connectivity index (χ3v) is 24.9. The highest BCUT2D eigenvalue weighted by Crippen LogP contribution is 2.58. The molecule has 28 heteroatoms. The first kappa shape index (κ1) is 98.9. The molecule has 28 nitrogen and oxygen atoms in total. The lowest BCUT2D eigenvalue weighted by molar-refractivity contribution is -0.157. The molecule has 0 amide bonds. The molecule has 14 rings (SSSR count). The topological polar surface area (TPSA) is 397 Å². The molecule has 0 aromatic heterocycles. The molecule has 712 valence electrons. The second-order valence-electron chi connectivity index (χ2n) is 33.9. The van der Waals surface area contributed by atoms with Crippen LogP contribution in [0, 0.1) is 17.8 Å². The van der Waals surface area contributed by atoms with Gasteiger partial charge >= 0.3 is 53.7 Å². The van der Waals surface area contributed by atoms with Gasteiger partial charge in [0.15, 0.2) is 23.5 Å². The number of carboxylic acids is 4. The molecular formula is C111H100O28. The number of rotatable bonds is 46. The molecule has 0 bridgehead atoms. The van der Waals surface area contributed by atoms with Gasteiger partial charge in [-0.3, -0.25) is 24.0 Å². The van der Waals surface area contributed by atoms with E-state index in [2.05, 4.69) is 50.6 Å². The van der Waals surface area contributed by atoms with E-state index in [1.54, 1.807) is 54.6 Å². The fraction of sp³-hybridized carbons (Fsp3) is 0.243. The van der Waals surface area contributed by atoms with E-state index in [9.17, 15) is 78.0 Å². The number of aliphatic carboxylic acids is 2. The van der Waals surface area contributed by atoms with Crippen LogP contribution in [0.1, 0.15) is 148 Å². The van der Waals surface area contributed by atoms with E-state index in [1.807, 2.05) is 140 Å². The zero-order chi connectivity index (χ0) is 98.8. The number of hydrogen-bond donors (Lipinski definition) is 4. The summed E-state index contributed by atoms with van der Waals surface area (Å²) in [5.41, 5.74) is 4.29. The summed E-state index contributed by atoms with van der Waals surface area (Å²) in [6.45, 7) is 15.4. The van der Waals surface area contributed by atoms with Gasteiger partial charge in [-0.1, -0.05) is 208 Å². The summed E-state index contributed by atoms with van der Waals surface area (Å²) in [5.74, 6) is -13.1. The van der Waals surface area contributed by atoms with Crippen LogP contribution >= 0.6 is 0 Å². The van der Waals surface area contributed by atoms with Gasteiger partial charge in [0.05, 0.1) is 45.5 Å². The number of allylic oxidation sites excluding steroid dienone is 3. The first-order valence-electron chi connectivity index (χ1n) is 44.8. The van der Waals surface area contributed by atoms with Gasteiger partial charge in [-0.05, 0) is 186 Å². The SMILES string of the molecule is C=CC(=O)OCC(COc1ccc(C2(c3ccc(OCC(COC(=O)C=C)OC(C)C(=O)C4CC=CCC4C(=O)O)cc3)c3ccccc3-c3ccccc32)cc1)OC(=O)c1ccc(C(=O)c2ccc(C(=O)C(C)(C)OC(COC(=O)C=C)COc3ccc(C4(c5ccc(OCC(COC(=O)C=C)OC6CC=CCC6C(=O)O)cc5)c5ccccc5-c5ccccc54)cc3)c(C(=O)O)c2)cc1C(=O)O. The Morgan fingerprint density at radius 3 is 1.10 bits per heavy atom. The number of aromatic carboxylic acids is 2. The van der Waals surface area contributed by atoms with Crippen molar-refractivity contribution in [2.75, 3.05) is 52.9 Å². The second-order valence-corrected chi connectivity index (χ2v) is 33.9. The molecule has 9 atom stereocenters. The molecule has 139 heavy (non-hydrogen) atoms. The highest BCUT2D eigenvalue weighted by molar-refractivity contribution is 6.15. The normalized spacial score (nSPS) is 16.6. The molecule has 0 radical (unpaired) electrons. The number of fused-ring (bicyclic) bond motifs is 6. The summed E-state index contributed by atoms with van der Waals surface area (Å²) < 4.78 is 71.4. The lowest BCUT2D eigenvalue weighted by Gasteiger charge is -2.34. The minimum absolute atomic E-state index is 0.0924. The summed E-state index contributed by atoms with van der Waals surface area (Å²) in [5, 5.41) is 41.3. The molecule has 10 aromatic carbocycles. The molecule has 9 unspecified atom stereocenters. The Morgan fingerprint density at radius 1 is 0.374 bits per heavy atom. The number of ketones is 3. The van der Waals surface area contributed by atoms with Gasteiger partial charge in [0.2, 0.25) is 0 Å². The van der Waals surface area contributed by atoms with Crippen molar-refractivity contribution in [1.29, 1.82) is 0 Å². The molecule has 0 fully saturated rings. The Morgan fingerprint density at radius 2 is 0.705 bits per heavy atom. The second kappa shape index (κ2) is 44.2. The Kier molecular flexibility index (Phi) is 31.5. The maximum atomic E-state index is 14.8. The van der Waals surface area contributed by atoms with Crippen molar-refractivity contribution in [2.45, 2.75) is 99.5 Å². The third kappa shape index (κ3) is 21.9. The Labute approximate surface area is 800 Å². The van der Waals surface area contributed by atoms with Crippen LogP contribution in [0.5, 0.6) is 23.0 Å². The van der Waals surface area contributed by atoms with Gasteiger partial charge in [0.25, 0.3) is 0 Å². The maximum Gasteiger partial charge on any atom is 0.339 e. The van der Waals surface area contributed by atoms with Crippen molar-refractivity contribution in [3.8, 4) is 45.3 Å². The van der Waals surface area contributed by atoms with E-state index in [0.29, 0.717) is 23.7 Å². The van der Waals surface area contributed by atoms with Gasteiger partial charge < -0.3 is 77.3 Å². The van der Waals surface area contributed by atoms with Gasteiger partial charge in [-0.25, -0.2) is 33.6 Å². The van der Waals surface area contributed by atoms with E-state index < -0.39 is 184 Å². The molecule has 4 aliphatic rings. The van der Waals surface area contributed by atoms with Crippen LogP contribution in [0.2, 0.25) is 0 Å². The Hall–Kier alpha value is -16.0. The maximum absolute atomic E-state index is 14.8. The summed E-state index contributed by atoms with van der Waals surface area (Å²) in [6.07, 6.45) is 5.81. The van der Waals surface area contributed by atoms with Crippen molar-refractivity contribution in [3.05, 3.63) is 383 Å². The van der Waals surface area contributed by atoms with Crippen LogP contribution in [-0.2, 0) is 82.3 Å². The van der Waals surface area contributed by atoms with Gasteiger partial charge in [0.1, 0.15) is 106 Å². The van der Waals surface area contributed by atoms with Crippen molar-refractivity contribution < 1.29 is 135 Å². The Bertz CT molecular complexity index is 6350. The number of carbonyl (C=O) groups excluding carboxylic acids is 8. The first-order valence-corrected chi connectivity index (χ1v) is 44.8. The van der Waals surface area contributed by atoms with Crippen LogP contribution in [0.3, 0.4) is 0 Å². The number of hydrogen-bond acceptors (Lipinski definition) is 24. The smallest absolute Gasteiger partial charge is 0.339 e. The van der Waals surface area contributed by atoms with Crippen molar-refractivity contribution in [3.63, 3.8) is 0 Å². The molecule has 4 aliphatic carbocycles. The fourth-order valence-corrected chi connectivity index (χ4v) is 18.2. The number of ether oxygens (including phenoxy) is 12. The van der Waals surface area contributed by atoms with Gasteiger partial charge in [0, 0.05) is 46.9 Å². The van der Waals surface area contributed by atoms with Crippen LogP contribution in [-0.4, -0.2) is 187 Å². The van der Waals surface area contributed by atoms with Crippen molar-refractivity contribution in [2.24, 2.45) is 17.8 Å².